The molecule has 1 saturated carbocycles. The fourth-order valence-corrected chi connectivity index (χ4v) is 3.02. The molecule has 5 nitrogen and oxygen atoms in total. The number of nitrogen functional groups attached to an aromatic ring is 1. The summed E-state index contributed by atoms with van der Waals surface area (Å²) in [7, 11) is 0. The summed E-state index contributed by atoms with van der Waals surface area (Å²) in [5, 5.41) is 2.97. The lowest BCUT2D eigenvalue weighted by molar-refractivity contribution is -0.136. The summed E-state index contributed by atoms with van der Waals surface area (Å²) in [5.41, 5.74) is 7.43. The molecule has 2 aliphatic rings. The number of nitrogens with one attached hydrogen (secondary N) is 1. The van der Waals surface area contributed by atoms with Crippen molar-refractivity contribution in [2.75, 3.05) is 18.8 Å². The zero-order valence-electron chi connectivity index (χ0n) is 12.8. The monoisotopic (exact) mass is 301 g/mol. The number of nitrogens with two attached hydrogens (primary N) is 1. The Morgan fingerprint density at radius 1 is 1.23 bits per heavy atom. The van der Waals surface area contributed by atoms with Crippen LogP contribution >= 0.6 is 0 Å². The van der Waals surface area contributed by atoms with Crippen molar-refractivity contribution in [2.45, 2.75) is 32.2 Å². The van der Waals surface area contributed by atoms with E-state index in [0.29, 0.717) is 18.8 Å². The van der Waals surface area contributed by atoms with Gasteiger partial charge in [-0.25, -0.2) is 0 Å². The summed E-state index contributed by atoms with van der Waals surface area (Å²) in [6, 6.07) is 7.52. The Kier molecular flexibility index (Phi) is 4.32. The lowest BCUT2D eigenvalue weighted by Crippen LogP contribution is -2.45. The number of hydrogen-bond donors (Lipinski definition) is 2. The maximum absolute atomic E-state index is 12.3. The average molecular weight is 301 g/mol. The number of nitrogens with zero attached hydrogens (tertiary/aromatic N) is 1. The van der Waals surface area contributed by atoms with Gasteiger partial charge in [0.25, 0.3) is 0 Å². The fourth-order valence-electron chi connectivity index (χ4n) is 3.02. The molecular weight excluding hydrogens is 278 g/mol. The van der Waals surface area contributed by atoms with Gasteiger partial charge in [-0.15, -0.1) is 0 Å². The molecule has 1 aliphatic carbocycles. The van der Waals surface area contributed by atoms with Gasteiger partial charge in [0.15, 0.2) is 0 Å². The van der Waals surface area contributed by atoms with Gasteiger partial charge < -0.3 is 16.0 Å². The smallest absolute Gasteiger partial charge is 0.225 e. The number of likely N-dealkylation sites (tertiary alicyclic amines) is 1. The standard InChI is InChI=1S/C17H23N3O2/c18-15-5-1-3-12(9-15)10-19-16(21)14-4-2-8-20(11-14)17(22)13-6-7-13/h1,3,5,9,13-14H,2,4,6-8,10-11,18H2,(H,19,21). The number of piperidine rings is 1. The van der Waals surface area contributed by atoms with Gasteiger partial charge in [0.05, 0.1) is 5.92 Å². The van der Waals surface area contributed by atoms with E-state index in [-0.39, 0.29) is 23.7 Å². The van der Waals surface area contributed by atoms with Gasteiger partial charge in [-0.2, -0.15) is 0 Å². The van der Waals surface area contributed by atoms with E-state index in [9.17, 15) is 9.59 Å². The normalized spacial score (nSPS) is 21.5. The highest BCUT2D eigenvalue weighted by molar-refractivity contribution is 5.83. The molecule has 3 N–H and O–H groups in total. The van der Waals surface area contributed by atoms with E-state index < -0.39 is 0 Å². The molecule has 0 bridgehead atoms. The Balaban J connectivity index is 1.52. The SMILES string of the molecule is Nc1cccc(CNC(=O)C2CCCN(C(=O)C3CC3)C2)c1. The Bertz CT molecular complexity index is 569. The number of rotatable bonds is 4. The summed E-state index contributed by atoms with van der Waals surface area (Å²) in [6.07, 6.45) is 3.80. The molecule has 1 aromatic carbocycles. The number of anilines is 1. The second-order valence-corrected chi connectivity index (χ2v) is 6.36. The van der Waals surface area contributed by atoms with Gasteiger partial charge in [0, 0.05) is 31.2 Å². The van der Waals surface area contributed by atoms with Crippen LogP contribution in [0.25, 0.3) is 0 Å². The van der Waals surface area contributed by atoms with Crippen molar-refractivity contribution in [3.8, 4) is 0 Å². The molecular formula is C17H23N3O2. The minimum Gasteiger partial charge on any atom is -0.399 e. The molecule has 2 fully saturated rings. The summed E-state index contributed by atoms with van der Waals surface area (Å²) in [5.74, 6) is 0.427. The van der Waals surface area contributed by atoms with Gasteiger partial charge in [0.2, 0.25) is 11.8 Å². The van der Waals surface area contributed by atoms with Crippen LogP contribution in [-0.4, -0.2) is 29.8 Å². The van der Waals surface area contributed by atoms with Crippen molar-refractivity contribution in [1.29, 1.82) is 0 Å². The van der Waals surface area contributed by atoms with Crippen molar-refractivity contribution in [3.63, 3.8) is 0 Å². The maximum atomic E-state index is 12.3. The van der Waals surface area contributed by atoms with Gasteiger partial charge >= 0.3 is 0 Å². The molecule has 1 atom stereocenters. The third-order valence-electron chi connectivity index (χ3n) is 4.45. The number of hydrogen-bond acceptors (Lipinski definition) is 3. The highest BCUT2D eigenvalue weighted by Gasteiger charge is 2.36. The molecule has 0 aromatic heterocycles. The number of benzene rings is 1. The lowest BCUT2D eigenvalue weighted by Gasteiger charge is -2.32. The summed E-state index contributed by atoms with van der Waals surface area (Å²) < 4.78 is 0. The van der Waals surface area contributed by atoms with E-state index in [1.54, 1.807) is 0 Å². The first kappa shape index (κ1) is 14.9. The largest absolute Gasteiger partial charge is 0.399 e. The van der Waals surface area contributed by atoms with E-state index in [1.165, 1.54) is 0 Å². The van der Waals surface area contributed by atoms with Crippen LogP contribution in [0.2, 0.25) is 0 Å². The molecule has 118 valence electrons. The minimum absolute atomic E-state index is 0.0377. The van der Waals surface area contributed by atoms with Crippen LogP contribution in [0.15, 0.2) is 24.3 Å². The van der Waals surface area contributed by atoms with Crippen molar-refractivity contribution < 1.29 is 9.59 Å². The molecule has 1 saturated heterocycles. The fraction of sp³-hybridized carbons (Fsp3) is 0.529. The first-order chi connectivity index (χ1) is 10.6. The Labute approximate surface area is 130 Å². The van der Waals surface area contributed by atoms with E-state index >= 15 is 0 Å². The van der Waals surface area contributed by atoms with Crippen LogP contribution in [0.3, 0.4) is 0 Å². The summed E-state index contributed by atoms with van der Waals surface area (Å²) >= 11 is 0. The van der Waals surface area contributed by atoms with E-state index in [2.05, 4.69) is 5.32 Å². The number of amides is 2. The van der Waals surface area contributed by atoms with Gasteiger partial charge in [0.1, 0.15) is 0 Å². The van der Waals surface area contributed by atoms with Gasteiger partial charge in [-0.3, -0.25) is 9.59 Å². The Morgan fingerprint density at radius 3 is 2.77 bits per heavy atom. The van der Waals surface area contributed by atoms with E-state index in [1.807, 2.05) is 29.2 Å². The van der Waals surface area contributed by atoms with Crippen LogP contribution < -0.4 is 11.1 Å². The van der Waals surface area contributed by atoms with Crippen molar-refractivity contribution >= 4 is 17.5 Å². The first-order valence-electron chi connectivity index (χ1n) is 8.04. The van der Waals surface area contributed by atoms with E-state index in [4.69, 9.17) is 5.73 Å². The topological polar surface area (TPSA) is 75.4 Å². The third-order valence-corrected chi connectivity index (χ3v) is 4.45. The lowest BCUT2D eigenvalue weighted by atomic mass is 9.96. The van der Waals surface area contributed by atoms with Gasteiger partial charge in [-0.05, 0) is 43.4 Å². The van der Waals surface area contributed by atoms with Crippen molar-refractivity contribution in [1.82, 2.24) is 10.2 Å². The van der Waals surface area contributed by atoms with Gasteiger partial charge in [-0.1, -0.05) is 12.1 Å². The molecule has 22 heavy (non-hydrogen) atoms. The van der Waals surface area contributed by atoms with Crippen LogP contribution in [0.5, 0.6) is 0 Å². The Morgan fingerprint density at radius 2 is 2.05 bits per heavy atom. The number of carbonyl (C=O) groups is 2. The predicted octanol–water partition coefficient (Wildman–Crippen LogP) is 1.53. The molecule has 0 radical (unpaired) electrons. The molecule has 1 heterocycles. The van der Waals surface area contributed by atoms with Crippen LogP contribution in [0.4, 0.5) is 5.69 Å². The molecule has 3 rings (SSSR count). The quantitative estimate of drug-likeness (QED) is 0.828. The molecule has 1 aromatic rings. The average Bonchev–Trinajstić information content (AvgIpc) is 3.37. The molecule has 0 spiro atoms. The zero-order valence-corrected chi connectivity index (χ0v) is 12.8. The van der Waals surface area contributed by atoms with E-state index in [0.717, 1.165) is 37.8 Å². The number of carbonyl (C=O) groups excluding carboxylic acids is 2. The van der Waals surface area contributed by atoms with Crippen molar-refractivity contribution in [3.05, 3.63) is 29.8 Å². The first-order valence-corrected chi connectivity index (χ1v) is 8.04. The highest BCUT2D eigenvalue weighted by atomic mass is 16.2. The zero-order chi connectivity index (χ0) is 15.5. The Hall–Kier alpha value is -2.04. The summed E-state index contributed by atoms with van der Waals surface area (Å²) in [4.78, 5) is 26.3. The molecule has 5 heteroatoms. The second kappa shape index (κ2) is 6.38. The minimum atomic E-state index is -0.0856. The molecule has 2 amide bonds. The van der Waals surface area contributed by atoms with Crippen molar-refractivity contribution in [2.24, 2.45) is 11.8 Å². The third kappa shape index (κ3) is 3.59. The highest BCUT2D eigenvalue weighted by Crippen LogP contribution is 2.32. The molecule has 1 unspecified atom stereocenters. The van der Waals surface area contributed by atoms with Crippen LogP contribution in [0.1, 0.15) is 31.2 Å². The molecule has 1 aliphatic heterocycles. The second-order valence-electron chi connectivity index (χ2n) is 6.36. The van der Waals surface area contributed by atoms with Crippen LogP contribution in [-0.2, 0) is 16.1 Å². The summed E-state index contributed by atoms with van der Waals surface area (Å²) in [6.45, 7) is 1.85. The predicted molar refractivity (Wildman–Crippen MR) is 84.7 cm³/mol. The maximum Gasteiger partial charge on any atom is 0.225 e. The van der Waals surface area contributed by atoms with Crippen LogP contribution in [0, 0.1) is 11.8 Å².